The molecular formula is C41H49F3N12O4. The van der Waals surface area contributed by atoms with Crippen molar-refractivity contribution in [3.05, 3.63) is 64.6 Å². The molecule has 3 atom stereocenters. The van der Waals surface area contributed by atoms with Crippen LogP contribution >= 0.6 is 0 Å². The van der Waals surface area contributed by atoms with E-state index in [-0.39, 0.29) is 60.2 Å². The SMILES string of the molecule is CN(CC1CCC(n2cc(NC(=O)c3cnn4ccc(N5CCCC5)nc34)c(C(F)F)n2)CC1)[C@H]1CCN(c2cccc3c2n(C)c(=O)n3C2CCC(=O)NC2=O)C[C@H]1F. The largest absolute Gasteiger partial charge is 0.367 e. The van der Waals surface area contributed by atoms with Crippen molar-refractivity contribution in [2.24, 2.45) is 13.0 Å². The molecular weight excluding hydrogens is 782 g/mol. The molecule has 3 amide bonds. The topological polar surface area (TPSA) is 160 Å². The fourth-order valence-electron chi connectivity index (χ4n) is 9.83. The first-order valence-electron chi connectivity index (χ1n) is 20.9. The molecule has 4 aromatic heterocycles. The molecule has 9 rings (SSSR count). The second-order valence-electron chi connectivity index (χ2n) is 16.7. The molecule has 7 heterocycles. The van der Waals surface area contributed by atoms with Crippen LogP contribution in [0.25, 0.3) is 16.7 Å². The van der Waals surface area contributed by atoms with Crippen LogP contribution in [-0.4, -0.2) is 108 Å². The summed E-state index contributed by atoms with van der Waals surface area (Å²) in [6, 6.07) is 6.06. The van der Waals surface area contributed by atoms with E-state index < -0.39 is 36.1 Å². The number of nitrogens with one attached hydrogen (secondary N) is 2. The molecule has 0 spiro atoms. The first-order valence-corrected chi connectivity index (χ1v) is 20.9. The molecule has 16 nitrogen and oxygen atoms in total. The summed E-state index contributed by atoms with van der Waals surface area (Å²) >= 11 is 0. The third-order valence-electron chi connectivity index (χ3n) is 13.0. The van der Waals surface area contributed by atoms with E-state index in [2.05, 4.69) is 35.6 Å². The maximum absolute atomic E-state index is 16.1. The number of fused-ring (bicyclic) bond motifs is 2. The van der Waals surface area contributed by atoms with E-state index in [9.17, 15) is 28.0 Å². The summed E-state index contributed by atoms with van der Waals surface area (Å²) in [7, 11) is 3.60. The van der Waals surface area contributed by atoms with Gasteiger partial charge in [-0.3, -0.25) is 33.5 Å². The highest BCUT2D eigenvalue weighted by Gasteiger charge is 2.37. The molecule has 1 unspecified atom stereocenters. The van der Waals surface area contributed by atoms with Crippen LogP contribution < -0.4 is 26.1 Å². The number of hydrogen-bond acceptors (Lipinski definition) is 10. The standard InChI is InChI=1S/C41H49F3N12O4/c1-50(29-14-18-53(22-27(29)42)30-6-5-7-31-36(30)51(2)41(60)56(31)32-12-13-34(57)48-40(32)59)21-24-8-10-25(11-9-24)55-23-28(35(49-55)37(43)44)46-39(58)26-20-45-54-19-15-33(47-38(26)54)52-16-3-4-17-52/h5-7,15,19-20,23-25,27,29,32,37H,3-4,8-14,16-18,21-22H2,1-2H3,(H,46,58)(H,48,57,59)/t24?,25?,27-,29+,32?/m1/s1. The lowest BCUT2D eigenvalue weighted by molar-refractivity contribution is -0.135. The fraction of sp³-hybridized carbons (Fsp3) is 0.537. The predicted molar refractivity (Wildman–Crippen MR) is 217 cm³/mol. The Morgan fingerprint density at radius 2 is 1.80 bits per heavy atom. The van der Waals surface area contributed by atoms with Crippen LogP contribution in [0.1, 0.15) is 92.3 Å². The number of imide groups is 1. The summed E-state index contributed by atoms with van der Waals surface area (Å²) < 4.78 is 50.7. The van der Waals surface area contributed by atoms with Gasteiger partial charge in [0.25, 0.3) is 12.3 Å². The molecule has 3 saturated heterocycles. The summed E-state index contributed by atoms with van der Waals surface area (Å²) in [5, 5.41) is 13.5. The average molecular weight is 831 g/mol. The Hall–Kier alpha value is -5.72. The average Bonchev–Trinajstić information content (AvgIpc) is 4.05. The van der Waals surface area contributed by atoms with Gasteiger partial charge in [-0.05, 0) is 82.5 Å². The van der Waals surface area contributed by atoms with Gasteiger partial charge in [0.05, 0.1) is 41.2 Å². The van der Waals surface area contributed by atoms with Gasteiger partial charge in [-0.25, -0.2) is 27.5 Å². The molecule has 1 saturated carbocycles. The Kier molecular flexibility index (Phi) is 10.6. The molecule has 0 bridgehead atoms. The first kappa shape index (κ1) is 39.7. The van der Waals surface area contributed by atoms with Crippen molar-refractivity contribution in [3.8, 4) is 0 Å². The van der Waals surface area contributed by atoms with Crippen LogP contribution in [0.3, 0.4) is 0 Å². The van der Waals surface area contributed by atoms with Crippen LogP contribution in [-0.2, 0) is 16.6 Å². The normalized spacial score (nSPS) is 24.0. The van der Waals surface area contributed by atoms with Crippen molar-refractivity contribution in [2.45, 2.75) is 88.5 Å². The summed E-state index contributed by atoms with van der Waals surface area (Å²) in [5.41, 5.74) is 1.53. The Bertz CT molecular complexity index is 2500. The number of benzene rings is 1. The zero-order valence-electron chi connectivity index (χ0n) is 33.6. The molecule has 5 aromatic rings. The Balaban J connectivity index is 0.816. The Morgan fingerprint density at radius 3 is 2.53 bits per heavy atom. The lowest BCUT2D eigenvalue weighted by Gasteiger charge is -2.42. The van der Waals surface area contributed by atoms with Crippen LogP contribution in [0, 0.1) is 5.92 Å². The molecule has 4 fully saturated rings. The number of nitrogens with zero attached hydrogens (tertiary/aromatic N) is 10. The van der Waals surface area contributed by atoms with Gasteiger partial charge in [0.2, 0.25) is 11.8 Å². The van der Waals surface area contributed by atoms with Gasteiger partial charge in [-0.1, -0.05) is 6.07 Å². The van der Waals surface area contributed by atoms with Crippen molar-refractivity contribution < 1.29 is 27.6 Å². The summed E-state index contributed by atoms with van der Waals surface area (Å²) in [6.45, 7) is 3.15. The lowest BCUT2D eigenvalue weighted by Crippen LogP contribution is -2.52. The van der Waals surface area contributed by atoms with Gasteiger partial charge >= 0.3 is 5.69 Å². The lowest BCUT2D eigenvalue weighted by atomic mass is 9.85. The zero-order valence-corrected chi connectivity index (χ0v) is 33.6. The van der Waals surface area contributed by atoms with Gasteiger partial charge in [0.1, 0.15) is 23.6 Å². The number of hydrogen-bond donors (Lipinski definition) is 2. The predicted octanol–water partition coefficient (Wildman–Crippen LogP) is 4.63. The minimum atomic E-state index is -2.89. The smallest absolute Gasteiger partial charge is 0.329 e. The number of carbonyl (C=O) groups excluding carboxylic acids is 3. The number of aryl methyl sites for hydroxylation is 1. The molecule has 3 aliphatic heterocycles. The third-order valence-corrected chi connectivity index (χ3v) is 13.0. The number of alkyl halides is 3. The first-order chi connectivity index (χ1) is 28.9. The molecule has 60 heavy (non-hydrogen) atoms. The van der Waals surface area contributed by atoms with Crippen molar-refractivity contribution in [1.29, 1.82) is 0 Å². The second-order valence-corrected chi connectivity index (χ2v) is 16.7. The quantitative estimate of drug-likeness (QED) is 0.190. The highest BCUT2D eigenvalue weighted by molar-refractivity contribution is 6.08. The van der Waals surface area contributed by atoms with E-state index in [1.54, 1.807) is 30.1 Å². The second kappa shape index (κ2) is 16.0. The van der Waals surface area contributed by atoms with Crippen molar-refractivity contribution in [3.63, 3.8) is 0 Å². The van der Waals surface area contributed by atoms with E-state index in [4.69, 9.17) is 0 Å². The number of aromatic nitrogens is 7. The number of halogens is 3. The molecule has 2 N–H and O–H groups in total. The van der Waals surface area contributed by atoms with Crippen LogP contribution in [0.5, 0.6) is 0 Å². The van der Waals surface area contributed by atoms with Crippen LogP contribution in [0.2, 0.25) is 0 Å². The summed E-state index contributed by atoms with van der Waals surface area (Å²) in [4.78, 5) is 62.3. The van der Waals surface area contributed by atoms with Gasteiger partial charge < -0.3 is 20.0 Å². The highest BCUT2D eigenvalue weighted by atomic mass is 19.3. The maximum Gasteiger partial charge on any atom is 0.329 e. The van der Waals surface area contributed by atoms with Crippen molar-refractivity contribution in [1.82, 2.24) is 43.7 Å². The van der Waals surface area contributed by atoms with Crippen LogP contribution in [0.4, 0.5) is 30.4 Å². The van der Waals surface area contributed by atoms with Gasteiger partial charge in [0.15, 0.2) is 11.3 Å². The molecule has 1 aromatic carbocycles. The van der Waals surface area contributed by atoms with E-state index in [1.807, 2.05) is 24.1 Å². The monoisotopic (exact) mass is 830 g/mol. The summed E-state index contributed by atoms with van der Waals surface area (Å²) in [6.07, 6.45) is 6.65. The fourth-order valence-corrected chi connectivity index (χ4v) is 9.83. The molecule has 1 aliphatic carbocycles. The Morgan fingerprint density at radius 1 is 1.02 bits per heavy atom. The number of amides is 3. The molecule has 0 radical (unpaired) electrons. The number of anilines is 3. The number of para-hydroxylation sites is 1. The van der Waals surface area contributed by atoms with Crippen molar-refractivity contribution in [2.75, 3.05) is 54.9 Å². The van der Waals surface area contributed by atoms with Gasteiger partial charge in [0, 0.05) is 58.1 Å². The van der Waals surface area contributed by atoms with E-state index >= 15 is 4.39 Å². The molecule has 19 heteroatoms. The highest BCUT2D eigenvalue weighted by Crippen LogP contribution is 2.37. The van der Waals surface area contributed by atoms with Gasteiger partial charge in [-0.2, -0.15) is 10.2 Å². The number of piperidine rings is 2. The van der Waals surface area contributed by atoms with E-state index in [0.717, 1.165) is 50.3 Å². The zero-order chi connectivity index (χ0) is 41.8. The minimum Gasteiger partial charge on any atom is -0.367 e. The Labute approximate surface area is 343 Å². The van der Waals surface area contributed by atoms with Crippen molar-refractivity contribution >= 4 is 51.6 Å². The maximum atomic E-state index is 16.1. The minimum absolute atomic E-state index is 0.0439. The summed E-state index contributed by atoms with van der Waals surface area (Å²) in [5.74, 6) is -0.427. The number of carbonyl (C=O) groups is 3. The molecule has 4 aliphatic rings. The van der Waals surface area contributed by atoms with Crippen LogP contribution in [0.15, 0.2) is 47.7 Å². The van der Waals surface area contributed by atoms with Gasteiger partial charge in [-0.15, -0.1) is 0 Å². The number of imidazole rings is 1. The van der Waals surface area contributed by atoms with E-state index in [1.165, 1.54) is 26.0 Å². The van der Waals surface area contributed by atoms with E-state index in [0.29, 0.717) is 49.0 Å². The third kappa shape index (κ3) is 7.29. The number of rotatable bonds is 10. The molecule has 318 valence electrons.